The van der Waals surface area contributed by atoms with E-state index in [0.717, 1.165) is 38.5 Å². The monoisotopic (exact) mass is 168 g/mol. The van der Waals surface area contributed by atoms with E-state index in [1.165, 1.54) is 0 Å². The quantitative estimate of drug-likeness (QED) is 0.646. The molecule has 0 atom stereocenters. The molecule has 3 fully saturated rings. The third kappa shape index (κ3) is 1.01. The van der Waals surface area contributed by atoms with Gasteiger partial charge in [0, 0.05) is 5.41 Å². The highest BCUT2D eigenvalue weighted by atomic mass is 16.3. The average Bonchev–Trinajstić information content (AvgIpc) is 2.06. The zero-order valence-corrected chi connectivity index (χ0v) is 7.60. The molecule has 0 spiro atoms. The number of hydrogen-bond donors (Lipinski definition) is 1. The first-order chi connectivity index (χ1) is 5.56. The standard InChI is InChI=1S/C10H16O2/c1-8(11)9-2-5-10(12,6-3-9)7-4-9/h12H,2-7H2,1H3. The summed E-state index contributed by atoms with van der Waals surface area (Å²) < 4.78 is 0. The summed E-state index contributed by atoms with van der Waals surface area (Å²) in [4.78, 5) is 11.4. The first-order valence-electron chi connectivity index (χ1n) is 4.80. The van der Waals surface area contributed by atoms with E-state index < -0.39 is 5.60 Å². The zero-order valence-electron chi connectivity index (χ0n) is 7.60. The second-order valence-electron chi connectivity index (χ2n) is 4.56. The Balaban J connectivity index is 2.20. The molecular weight excluding hydrogens is 152 g/mol. The maximum atomic E-state index is 11.4. The molecule has 12 heavy (non-hydrogen) atoms. The number of Topliss-reactive ketones (excluding diaryl/α,β-unsaturated/α-hetero) is 1. The molecule has 3 aliphatic carbocycles. The summed E-state index contributed by atoms with van der Waals surface area (Å²) in [6, 6.07) is 0. The molecule has 0 unspecified atom stereocenters. The number of aliphatic hydroxyl groups is 1. The summed E-state index contributed by atoms with van der Waals surface area (Å²) in [6.45, 7) is 1.70. The van der Waals surface area contributed by atoms with Gasteiger partial charge < -0.3 is 5.11 Å². The van der Waals surface area contributed by atoms with Crippen LogP contribution in [0.3, 0.4) is 0 Å². The Labute approximate surface area is 73.0 Å². The molecule has 0 aromatic carbocycles. The van der Waals surface area contributed by atoms with Crippen LogP contribution in [0.1, 0.15) is 45.4 Å². The maximum absolute atomic E-state index is 11.4. The molecule has 0 saturated heterocycles. The Hall–Kier alpha value is -0.370. The smallest absolute Gasteiger partial charge is 0.135 e. The number of fused-ring (bicyclic) bond motifs is 3. The minimum atomic E-state index is -0.406. The molecule has 2 bridgehead atoms. The van der Waals surface area contributed by atoms with Crippen molar-refractivity contribution in [2.45, 2.75) is 51.0 Å². The van der Waals surface area contributed by atoms with Crippen molar-refractivity contribution in [3.05, 3.63) is 0 Å². The van der Waals surface area contributed by atoms with Crippen LogP contribution in [-0.4, -0.2) is 16.5 Å². The van der Waals surface area contributed by atoms with Crippen molar-refractivity contribution in [3.63, 3.8) is 0 Å². The van der Waals surface area contributed by atoms with E-state index in [0.29, 0.717) is 5.78 Å². The van der Waals surface area contributed by atoms with Crippen molar-refractivity contribution in [2.75, 3.05) is 0 Å². The molecule has 68 valence electrons. The van der Waals surface area contributed by atoms with Gasteiger partial charge in [-0.05, 0) is 45.4 Å². The molecule has 0 radical (unpaired) electrons. The predicted octanol–water partition coefficient (Wildman–Crippen LogP) is 1.66. The number of hydrogen-bond acceptors (Lipinski definition) is 2. The van der Waals surface area contributed by atoms with Gasteiger partial charge in [0.25, 0.3) is 0 Å². The number of carbonyl (C=O) groups is 1. The Morgan fingerprint density at radius 3 is 1.83 bits per heavy atom. The third-order valence-electron chi connectivity index (χ3n) is 3.95. The van der Waals surface area contributed by atoms with E-state index in [9.17, 15) is 9.90 Å². The van der Waals surface area contributed by atoms with Crippen LogP contribution in [-0.2, 0) is 4.79 Å². The maximum Gasteiger partial charge on any atom is 0.135 e. The lowest BCUT2D eigenvalue weighted by Crippen LogP contribution is -2.48. The van der Waals surface area contributed by atoms with Gasteiger partial charge in [0.1, 0.15) is 5.78 Å². The molecule has 1 N–H and O–H groups in total. The van der Waals surface area contributed by atoms with Gasteiger partial charge in [-0.3, -0.25) is 4.79 Å². The molecule has 3 saturated carbocycles. The van der Waals surface area contributed by atoms with Crippen LogP contribution in [0.5, 0.6) is 0 Å². The lowest BCUT2D eigenvalue weighted by atomic mass is 9.57. The highest BCUT2D eigenvalue weighted by molar-refractivity contribution is 5.82. The van der Waals surface area contributed by atoms with Crippen LogP contribution in [0.2, 0.25) is 0 Å². The van der Waals surface area contributed by atoms with Crippen LogP contribution < -0.4 is 0 Å². The summed E-state index contributed by atoms with van der Waals surface area (Å²) in [6.07, 6.45) is 5.27. The predicted molar refractivity (Wildman–Crippen MR) is 45.8 cm³/mol. The molecule has 3 aliphatic rings. The van der Waals surface area contributed by atoms with Crippen LogP contribution in [0.25, 0.3) is 0 Å². The van der Waals surface area contributed by atoms with Gasteiger partial charge in [0.15, 0.2) is 0 Å². The molecule has 2 nitrogen and oxygen atoms in total. The highest BCUT2D eigenvalue weighted by Gasteiger charge is 2.49. The van der Waals surface area contributed by atoms with Gasteiger partial charge in [0.2, 0.25) is 0 Å². The molecule has 0 aromatic heterocycles. The lowest BCUT2D eigenvalue weighted by molar-refractivity contribution is -0.143. The largest absolute Gasteiger partial charge is 0.390 e. The second kappa shape index (κ2) is 2.32. The summed E-state index contributed by atoms with van der Waals surface area (Å²) in [5.74, 6) is 0.337. The topological polar surface area (TPSA) is 37.3 Å². The molecule has 0 aromatic rings. The Morgan fingerprint density at radius 2 is 1.50 bits per heavy atom. The number of carbonyl (C=O) groups excluding carboxylic acids is 1. The van der Waals surface area contributed by atoms with E-state index in [1.54, 1.807) is 6.92 Å². The van der Waals surface area contributed by atoms with E-state index in [-0.39, 0.29) is 5.41 Å². The molecule has 3 rings (SSSR count). The Morgan fingerprint density at radius 1 is 1.08 bits per heavy atom. The van der Waals surface area contributed by atoms with Crippen molar-refractivity contribution in [1.82, 2.24) is 0 Å². The fourth-order valence-electron chi connectivity index (χ4n) is 2.69. The summed E-state index contributed by atoms with van der Waals surface area (Å²) in [7, 11) is 0. The summed E-state index contributed by atoms with van der Waals surface area (Å²) in [5.41, 5.74) is -0.443. The van der Waals surface area contributed by atoms with Crippen molar-refractivity contribution < 1.29 is 9.90 Å². The average molecular weight is 168 g/mol. The van der Waals surface area contributed by atoms with Crippen molar-refractivity contribution >= 4 is 5.78 Å². The Bertz CT molecular complexity index is 195. The molecule has 0 heterocycles. The first-order valence-corrected chi connectivity index (χ1v) is 4.80. The minimum Gasteiger partial charge on any atom is -0.390 e. The van der Waals surface area contributed by atoms with Gasteiger partial charge in [-0.2, -0.15) is 0 Å². The number of ketones is 1. The van der Waals surface area contributed by atoms with E-state index in [2.05, 4.69) is 0 Å². The van der Waals surface area contributed by atoms with E-state index in [4.69, 9.17) is 0 Å². The third-order valence-corrected chi connectivity index (χ3v) is 3.95. The van der Waals surface area contributed by atoms with Gasteiger partial charge >= 0.3 is 0 Å². The zero-order chi connectivity index (χ0) is 8.82. The van der Waals surface area contributed by atoms with Gasteiger partial charge in [-0.15, -0.1) is 0 Å². The normalized spacial score (nSPS) is 46.2. The van der Waals surface area contributed by atoms with Gasteiger partial charge in [-0.25, -0.2) is 0 Å². The fourth-order valence-corrected chi connectivity index (χ4v) is 2.69. The van der Waals surface area contributed by atoms with Crippen LogP contribution in [0, 0.1) is 5.41 Å². The molecule has 0 aliphatic heterocycles. The second-order valence-corrected chi connectivity index (χ2v) is 4.56. The summed E-state index contributed by atoms with van der Waals surface area (Å²) in [5, 5.41) is 9.90. The van der Waals surface area contributed by atoms with Crippen molar-refractivity contribution in [1.29, 1.82) is 0 Å². The minimum absolute atomic E-state index is 0.0372. The van der Waals surface area contributed by atoms with Crippen LogP contribution in [0.15, 0.2) is 0 Å². The molecule has 0 amide bonds. The van der Waals surface area contributed by atoms with Crippen molar-refractivity contribution in [2.24, 2.45) is 5.41 Å². The van der Waals surface area contributed by atoms with E-state index >= 15 is 0 Å². The van der Waals surface area contributed by atoms with E-state index in [1.807, 2.05) is 0 Å². The molecule has 2 heteroatoms. The molecular formula is C10H16O2. The highest BCUT2D eigenvalue weighted by Crippen LogP contribution is 2.52. The van der Waals surface area contributed by atoms with Crippen LogP contribution >= 0.6 is 0 Å². The van der Waals surface area contributed by atoms with Gasteiger partial charge in [-0.1, -0.05) is 0 Å². The first kappa shape index (κ1) is 8.24. The SMILES string of the molecule is CC(=O)C12CCC(O)(CC1)CC2. The number of rotatable bonds is 1. The fraction of sp³-hybridized carbons (Fsp3) is 0.900. The lowest BCUT2D eigenvalue weighted by Gasteiger charge is -2.49. The Kier molecular flexibility index (Phi) is 1.59. The van der Waals surface area contributed by atoms with Gasteiger partial charge in [0.05, 0.1) is 5.60 Å². The summed E-state index contributed by atoms with van der Waals surface area (Å²) >= 11 is 0. The van der Waals surface area contributed by atoms with Crippen molar-refractivity contribution in [3.8, 4) is 0 Å². The van der Waals surface area contributed by atoms with Crippen LogP contribution in [0.4, 0.5) is 0 Å².